The lowest BCUT2D eigenvalue weighted by Crippen LogP contribution is -2.07. The molecule has 146 valence electrons. The number of thioether (sulfide) groups is 1. The first kappa shape index (κ1) is 13.1. The summed E-state index contributed by atoms with van der Waals surface area (Å²) in [5, 5.41) is 4.57. The Morgan fingerprint density at radius 3 is 2.86 bits per heavy atom. The van der Waals surface area contributed by atoms with Crippen molar-refractivity contribution in [1.82, 2.24) is 15.0 Å². The van der Waals surface area contributed by atoms with E-state index in [1.165, 1.54) is 17.8 Å². The van der Waals surface area contributed by atoms with E-state index in [0.29, 0.717) is 33.5 Å². The Bertz CT molecular complexity index is 1220. The number of methoxy groups -OCH3 is 2. The van der Waals surface area contributed by atoms with Crippen molar-refractivity contribution in [2.75, 3.05) is 32.2 Å². The summed E-state index contributed by atoms with van der Waals surface area (Å²) in [5.74, 6) is 0.707. The normalized spacial score (nSPS) is 17.6. The molecule has 28 heavy (non-hydrogen) atoms. The molecule has 0 spiro atoms. The van der Waals surface area contributed by atoms with Crippen LogP contribution < -0.4 is 14.8 Å². The molecule has 4 rings (SSSR count). The van der Waals surface area contributed by atoms with Crippen LogP contribution in [0.4, 0.5) is 5.82 Å². The van der Waals surface area contributed by atoms with Gasteiger partial charge < -0.3 is 14.8 Å². The number of pyridine rings is 1. The molecule has 1 saturated carbocycles. The van der Waals surface area contributed by atoms with Gasteiger partial charge in [-0.25, -0.2) is 15.0 Å². The monoisotopic (exact) mass is 422 g/mol. The first-order valence-electron chi connectivity index (χ1n) is 11.6. The van der Waals surface area contributed by atoms with Crippen molar-refractivity contribution in [3.63, 3.8) is 0 Å². The third kappa shape index (κ3) is 3.82. The molecule has 8 heteroatoms. The largest absolute Gasteiger partial charge is 0.497 e. The maximum absolute atomic E-state index is 7.43. The number of hydrogen-bond donors (Lipinski definition) is 1. The molecule has 1 fully saturated rings. The SMILES string of the molecule is [2H]C([2H])([2H])Oc1cc(OC([2H])([2H])[2H])c(Cl)c(-c2cc3cnc(SC)nc3c(NCC3CC3)n2)c1. The molecule has 0 unspecified atom stereocenters. The molecule has 1 N–H and O–H groups in total. The van der Waals surface area contributed by atoms with E-state index in [-0.39, 0.29) is 22.1 Å². The minimum Gasteiger partial charge on any atom is -0.497 e. The third-order valence-electron chi connectivity index (χ3n) is 4.50. The van der Waals surface area contributed by atoms with Crippen LogP contribution in [0.1, 0.15) is 21.1 Å². The predicted molar refractivity (Wildman–Crippen MR) is 114 cm³/mol. The number of aromatic nitrogens is 3. The van der Waals surface area contributed by atoms with Crippen molar-refractivity contribution in [2.24, 2.45) is 5.92 Å². The minimum atomic E-state index is -2.81. The van der Waals surface area contributed by atoms with Crippen LogP contribution in [0.25, 0.3) is 22.2 Å². The Hall–Kier alpha value is -2.25. The second kappa shape index (κ2) is 8.01. The fraction of sp³-hybridized carbons (Fsp3) is 0.350. The topological polar surface area (TPSA) is 69.2 Å². The Morgan fingerprint density at radius 1 is 1.25 bits per heavy atom. The Labute approximate surface area is 181 Å². The highest BCUT2D eigenvalue weighted by Crippen LogP contribution is 2.40. The van der Waals surface area contributed by atoms with Crippen LogP contribution in [-0.2, 0) is 0 Å². The average molecular weight is 423 g/mol. The van der Waals surface area contributed by atoms with Crippen molar-refractivity contribution in [3.8, 4) is 22.8 Å². The summed E-state index contributed by atoms with van der Waals surface area (Å²) in [6.07, 6.45) is 5.83. The highest BCUT2D eigenvalue weighted by atomic mass is 35.5. The third-order valence-corrected chi connectivity index (χ3v) is 5.45. The predicted octanol–water partition coefficient (Wildman–Crippen LogP) is 4.91. The zero-order valence-corrected chi connectivity index (χ0v) is 16.5. The van der Waals surface area contributed by atoms with E-state index in [0.717, 1.165) is 25.5 Å². The van der Waals surface area contributed by atoms with E-state index < -0.39 is 14.1 Å². The van der Waals surface area contributed by atoms with E-state index in [1.54, 1.807) is 12.3 Å². The highest BCUT2D eigenvalue weighted by Gasteiger charge is 2.22. The van der Waals surface area contributed by atoms with Gasteiger partial charge in [0.25, 0.3) is 0 Å². The highest BCUT2D eigenvalue weighted by molar-refractivity contribution is 7.98. The number of nitrogens with one attached hydrogen (secondary N) is 1. The van der Waals surface area contributed by atoms with E-state index in [2.05, 4.69) is 15.3 Å². The number of hydrogen-bond acceptors (Lipinski definition) is 7. The quantitative estimate of drug-likeness (QED) is 0.428. The van der Waals surface area contributed by atoms with Gasteiger partial charge in [0.2, 0.25) is 0 Å². The van der Waals surface area contributed by atoms with E-state index >= 15 is 0 Å². The molecule has 0 aliphatic heterocycles. The van der Waals surface area contributed by atoms with Crippen LogP contribution in [-0.4, -0.2) is 41.8 Å². The molecular weight excluding hydrogens is 396 g/mol. The van der Waals surface area contributed by atoms with Crippen LogP contribution in [0.15, 0.2) is 29.6 Å². The lowest BCUT2D eigenvalue weighted by molar-refractivity contribution is 0.395. The summed E-state index contributed by atoms with van der Waals surface area (Å²) in [6, 6.07) is 4.21. The van der Waals surface area contributed by atoms with E-state index in [9.17, 15) is 0 Å². The van der Waals surface area contributed by atoms with Crippen molar-refractivity contribution < 1.29 is 17.7 Å². The summed E-state index contributed by atoms with van der Waals surface area (Å²) >= 11 is 7.92. The number of nitrogens with zero attached hydrogens (tertiary/aromatic N) is 3. The summed E-state index contributed by atoms with van der Waals surface area (Å²) < 4.78 is 54.6. The second-order valence-electron chi connectivity index (χ2n) is 6.46. The molecule has 3 aromatic rings. The number of benzene rings is 1. The van der Waals surface area contributed by atoms with Gasteiger partial charge in [0.05, 0.1) is 33.0 Å². The number of rotatable bonds is 7. The molecule has 0 bridgehead atoms. The number of fused-ring (bicyclic) bond motifs is 1. The molecule has 2 aromatic heterocycles. The average Bonchev–Trinajstić information content (AvgIpc) is 3.56. The Morgan fingerprint density at radius 2 is 2.11 bits per heavy atom. The molecular formula is C20H21ClN4O2S. The molecule has 0 radical (unpaired) electrons. The van der Waals surface area contributed by atoms with Gasteiger partial charge in [-0.1, -0.05) is 23.4 Å². The number of halogens is 1. The van der Waals surface area contributed by atoms with Gasteiger partial charge in [0.15, 0.2) is 11.0 Å². The first-order valence-corrected chi connectivity index (χ1v) is 10.2. The fourth-order valence-corrected chi connectivity index (χ4v) is 3.42. The molecule has 0 saturated heterocycles. The maximum atomic E-state index is 7.43. The fourth-order valence-electron chi connectivity index (χ4n) is 2.84. The zero-order chi connectivity index (χ0) is 24.7. The molecule has 0 atom stereocenters. The van der Waals surface area contributed by atoms with Crippen molar-refractivity contribution in [2.45, 2.75) is 18.0 Å². The van der Waals surface area contributed by atoms with Crippen LogP contribution in [0.5, 0.6) is 11.5 Å². The van der Waals surface area contributed by atoms with Gasteiger partial charge in [-0.3, -0.25) is 0 Å². The van der Waals surface area contributed by atoms with Gasteiger partial charge in [-0.15, -0.1) is 0 Å². The van der Waals surface area contributed by atoms with Gasteiger partial charge in [-0.2, -0.15) is 0 Å². The molecule has 6 nitrogen and oxygen atoms in total. The number of ether oxygens (including phenoxy) is 2. The minimum absolute atomic E-state index is 0.0457. The van der Waals surface area contributed by atoms with Gasteiger partial charge in [0, 0.05) is 29.8 Å². The second-order valence-corrected chi connectivity index (χ2v) is 7.61. The number of anilines is 1. The maximum Gasteiger partial charge on any atom is 0.187 e. The van der Waals surface area contributed by atoms with Crippen molar-refractivity contribution in [3.05, 3.63) is 29.4 Å². The van der Waals surface area contributed by atoms with Crippen molar-refractivity contribution >= 4 is 40.1 Å². The van der Waals surface area contributed by atoms with E-state index in [4.69, 9.17) is 34.3 Å². The standard InChI is InChI=1S/C20H21ClN4O2S/c1-26-13-7-14(17(21)16(8-13)27-2)15-6-12-10-23-20(28-3)25-18(12)19(24-15)22-9-11-4-5-11/h6-8,10-11H,4-5,9H2,1-3H3,(H,22,24)/i1D3,2D3. The molecule has 1 aromatic carbocycles. The summed E-state index contributed by atoms with van der Waals surface area (Å²) in [6.45, 7) is 0.730. The van der Waals surface area contributed by atoms with Gasteiger partial charge >= 0.3 is 0 Å². The Kier molecular flexibility index (Phi) is 3.74. The Balaban J connectivity index is 1.87. The summed E-state index contributed by atoms with van der Waals surface area (Å²) in [5.41, 5.74) is 1.23. The summed E-state index contributed by atoms with van der Waals surface area (Å²) in [7, 11) is -5.58. The lowest BCUT2D eigenvalue weighted by Gasteiger charge is -2.14. The summed E-state index contributed by atoms with van der Waals surface area (Å²) in [4.78, 5) is 13.6. The van der Waals surface area contributed by atoms with Crippen molar-refractivity contribution in [1.29, 1.82) is 0 Å². The molecule has 0 amide bonds. The van der Waals surface area contributed by atoms with Gasteiger partial charge in [-0.05, 0) is 37.1 Å². The zero-order valence-electron chi connectivity index (χ0n) is 21.0. The van der Waals surface area contributed by atoms with Crippen LogP contribution in [0.2, 0.25) is 5.02 Å². The van der Waals surface area contributed by atoms with Gasteiger partial charge in [0.1, 0.15) is 17.0 Å². The molecule has 2 heterocycles. The van der Waals surface area contributed by atoms with Crippen LogP contribution in [0, 0.1) is 5.92 Å². The smallest absolute Gasteiger partial charge is 0.187 e. The molecule has 1 aliphatic rings. The molecule has 1 aliphatic carbocycles. The van der Waals surface area contributed by atoms with Crippen LogP contribution >= 0.6 is 23.4 Å². The first-order chi connectivity index (χ1) is 15.9. The van der Waals surface area contributed by atoms with Crippen LogP contribution in [0.3, 0.4) is 0 Å². The van der Waals surface area contributed by atoms with E-state index in [1.807, 2.05) is 6.26 Å². The lowest BCUT2D eigenvalue weighted by atomic mass is 10.1.